The zero-order valence-electron chi connectivity index (χ0n) is 17.6. The van der Waals surface area contributed by atoms with Crippen LogP contribution in [0.4, 0.5) is 23.5 Å². The zero-order valence-corrected chi connectivity index (χ0v) is 17.6. The number of aliphatic hydroxyl groups excluding tert-OH is 1. The van der Waals surface area contributed by atoms with Gasteiger partial charge in [0.15, 0.2) is 5.65 Å². The molecule has 6 nitrogen and oxygen atoms in total. The first-order valence-corrected chi connectivity index (χ1v) is 10.3. The quantitative estimate of drug-likeness (QED) is 0.379. The van der Waals surface area contributed by atoms with Gasteiger partial charge in [-0.15, -0.1) is 0 Å². The first-order chi connectivity index (χ1) is 14.9. The Bertz CT molecular complexity index is 1120. The normalized spacial score (nSPS) is 18.8. The summed E-state index contributed by atoms with van der Waals surface area (Å²) in [5, 5.41) is 24.3. The monoisotopic (exact) mass is 452 g/mol. The molecule has 2 unspecified atom stereocenters. The molecule has 0 spiro atoms. The minimum Gasteiger partial charge on any atom is -0.385 e. The van der Waals surface area contributed by atoms with Crippen LogP contribution in [0.3, 0.4) is 0 Å². The fourth-order valence-electron chi connectivity index (χ4n) is 4.14. The second-order valence-electron chi connectivity index (χ2n) is 8.80. The zero-order chi connectivity index (χ0) is 23.3. The van der Waals surface area contributed by atoms with Gasteiger partial charge in [-0.3, -0.25) is 4.57 Å². The van der Waals surface area contributed by atoms with Crippen LogP contribution >= 0.6 is 0 Å². The van der Waals surface area contributed by atoms with E-state index in [0.29, 0.717) is 5.56 Å². The van der Waals surface area contributed by atoms with Crippen molar-refractivity contribution in [3.8, 4) is 0 Å². The van der Waals surface area contributed by atoms with E-state index >= 15 is 0 Å². The third kappa shape index (κ3) is 4.16. The van der Waals surface area contributed by atoms with Crippen molar-refractivity contribution in [2.45, 2.75) is 63.1 Å². The highest BCUT2D eigenvalue weighted by Crippen LogP contribution is 2.43. The number of halogens is 4. The summed E-state index contributed by atoms with van der Waals surface area (Å²) in [6.07, 6.45) is -3.67. The van der Waals surface area contributed by atoms with Crippen molar-refractivity contribution in [1.29, 1.82) is 0 Å². The smallest absolute Gasteiger partial charge is 0.385 e. The molecule has 0 amide bonds. The Hall–Kier alpha value is -2.72. The number of alkyl halides is 3. The molecule has 0 aliphatic heterocycles. The number of aromatic nitrogens is 3. The van der Waals surface area contributed by atoms with Gasteiger partial charge in [-0.1, -0.05) is 12.1 Å². The molecule has 2 aromatic heterocycles. The molecule has 1 saturated carbocycles. The third-order valence-corrected chi connectivity index (χ3v) is 6.12. The summed E-state index contributed by atoms with van der Waals surface area (Å²) < 4.78 is 54.5. The molecule has 2 atom stereocenters. The van der Waals surface area contributed by atoms with Crippen molar-refractivity contribution >= 4 is 17.1 Å². The summed E-state index contributed by atoms with van der Waals surface area (Å²) in [6.45, 7) is 3.39. The van der Waals surface area contributed by atoms with E-state index in [1.54, 1.807) is 4.57 Å². The highest BCUT2D eigenvalue weighted by Gasteiger charge is 2.39. The Kier molecular flexibility index (Phi) is 5.41. The van der Waals surface area contributed by atoms with Crippen LogP contribution < -0.4 is 5.32 Å². The van der Waals surface area contributed by atoms with Crippen molar-refractivity contribution in [3.05, 3.63) is 53.5 Å². The van der Waals surface area contributed by atoms with Gasteiger partial charge in [0.1, 0.15) is 23.3 Å². The van der Waals surface area contributed by atoms with Gasteiger partial charge in [0.05, 0.1) is 5.60 Å². The van der Waals surface area contributed by atoms with Gasteiger partial charge in [0, 0.05) is 12.0 Å². The first-order valence-electron chi connectivity index (χ1n) is 10.3. The van der Waals surface area contributed by atoms with Crippen LogP contribution in [-0.2, 0) is 17.3 Å². The van der Waals surface area contributed by atoms with E-state index in [9.17, 15) is 27.8 Å². The molecule has 0 radical (unpaired) electrons. The lowest BCUT2D eigenvalue weighted by molar-refractivity contribution is -0.141. The average molecular weight is 452 g/mol. The maximum atomic E-state index is 13.2. The molecular weight excluding hydrogens is 428 g/mol. The van der Waals surface area contributed by atoms with E-state index in [2.05, 4.69) is 15.3 Å². The highest BCUT2D eigenvalue weighted by atomic mass is 19.4. The van der Waals surface area contributed by atoms with Crippen LogP contribution in [0.2, 0.25) is 0 Å². The predicted molar refractivity (Wildman–Crippen MR) is 110 cm³/mol. The molecule has 3 aromatic rings. The van der Waals surface area contributed by atoms with Crippen LogP contribution in [-0.4, -0.2) is 31.0 Å². The van der Waals surface area contributed by atoms with E-state index in [4.69, 9.17) is 0 Å². The molecule has 0 saturated heterocycles. The molecule has 0 bridgehead atoms. The van der Waals surface area contributed by atoms with Gasteiger partial charge in [0.2, 0.25) is 5.95 Å². The molecule has 32 heavy (non-hydrogen) atoms. The fraction of sp³-hybridized carbons (Fsp3) is 0.455. The van der Waals surface area contributed by atoms with Gasteiger partial charge in [0.25, 0.3) is 0 Å². The molecule has 1 fully saturated rings. The predicted octanol–water partition coefficient (Wildman–Crippen LogP) is 4.52. The first kappa shape index (κ1) is 22.5. The molecule has 4 rings (SSSR count). The van der Waals surface area contributed by atoms with E-state index in [0.717, 1.165) is 25.3 Å². The number of imidazole rings is 1. The van der Waals surface area contributed by atoms with Gasteiger partial charge >= 0.3 is 6.18 Å². The second kappa shape index (κ2) is 7.70. The van der Waals surface area contributed by atoms with Crippen LogP contribution in [0.5, 0.6) is 0 Å². The fourth-order valence-corrected chi connectivity index (χ4v) is 4.14. The van der Waals surface area contributed by atoms with Gasteiger partial charge in [-0.2, -0.15) is 13.2 Å². The maximum absolute atomic E-state index is 13.2. The number of hydrogen-bond acceptors (Lipinski definition) is 5. The Labute approximate surface area is 181 Å². The lowest BCUT2D eigenvalue weighted by atomic mass is 9.78. The third-order valence-electron chi connectivity index (χ3n) is 6.12. The van der Waals surface area contributed by atoms with Crippen LogP contribution in [0.15, 0.2) is 36.4 Å². The minimum atomic E-state index is -4.59. The molecule has 2 heterocycles. The Morgan fingerprint density at radius 3 is 2.34 bits per heavy atom. The van der Waals surface area contributed by atoms with Gasteiger partial charge in [-0.05, 0) is 62.9 Å². The van der Waals surface area contributed by atoms with Crippen molar-refractivity contribution in [2.75, 3.05) is 5.32 Å². The van der Waals surface area contributed by atoms with Gasteiger partial charge in [-0.25, -0.2) is 14.4 Å². The number of rotatable bonds is 6. The molecule has 1 aliphatic carbocycles. The van der Waals surface area contributed by atoms with Gasteiger partial charge < -0.3 is 15.5 Å². The van der Waals surface area contributed by atoms with Crippen LogP contribution in [0.1, 0.15) is 50.8 Å². The summed E-state index contributed by atoms with van der Waals surface area (Å²) in [6, 6.07) is 7.41. The largest absolute Gasteiger partial charge is 0.433 e. The van der Waals surface area contributed by atoms with Crippen molar-refractivity contribution in [2.24, 2.45) is 0 Å². The number of nitrogens with one attached hydrogen (secondary N) is 1. The molecular formula is C22H24F4N4O2. The number of pyridine rings is 1. The SMILES string of the molecule is CC(O)(CC(O)Nc1nc2ccc(C(F)(F)F)nc2n1C1(C)CCC1)c1ccc(F)cc1. The Morgan fingerprint density at radius 2 is 1.78 bits per heavy atom. The number of anilines is 1. The summed E-state index contributed by atoms with van der Waals surface area (Å²) >= 11 is 0. The van der Waals surface area contributed by atoms with Crippen LogP contribution in [0, 0.1) is 5.82 Å². The number of fused-ring (bicyclic) bond motifs is 1. The summed E-state index contributed by atoms with van der Waals surface area (Å²) in [4.78, 5) is 8.19. The van der Waals surface area contributed by atoms with E-state index in [1.165, 1.54) is 37.3 Å². The molecule has 10 heteroatoms. The number of nitrogens with zero attached hydrogens (tertiary/aromatic N) is 3. The summed E-state index contributed by atoms with van der Waals surface area (Å²) in [5.74, 6) is -0.271. The average Bonchev–Trinajstić information content (AvgIpc) is 3.02. The lowest BCUT2D eigenvalue weighted by Gasteiger charge is -2.41. The summed E-state index contributed by atoms with van der Waals surface area (Å²) in [5.41, 5.74) is -2.23. The lowest BCUT2D eigenvalue weighted by Crippen LogP contribution is -2.40. The van der Waals surface area contributed by atoms with Crippen molar-refractivity contribution < 1.29 is 27.8 Å². The van der Waals surface area contributed by atoms with E-state index in [1.807, 2.05) is 6.92 Å². The minimum absolute atomic E-state index is 0.0852. The standard InChI is InChI=1S/C22H24F4N4O2/c1-20(10-3-11-20)30-18-15(8-9-16(28-18)22(24,25)26)27-19(30)29-17(31)12-21(2,32)13-4-6-14(23)7-5-13/h4-9,17,31-32H,3,10-12H2,1-2H3,(H,27,29). The van der Waals surface area contributed by atoms with Crippen LogP contribution in [0.25, 0.3) is 11.2 Å². The Balaban J connectivity index is 1.66. The topological polar surface area (TPSA) is 83.2 Å². The molecule has 172 valence electrons. The highest BCUT2D eigenvalue weighted by molar-refractivity contribution is 5.75. The molecule has 3 N–H and O–H groups in total. The number of hydrogen-bond donors (Lipinski definition) is 3. The second-order valence-corrected chi connectivity index (χ2v) is 8.80. The Morgan fingerprint density at radius 1 is 1.12 bits per heavy atom. The van der Waals surface area contributed by atoms with Crippen molar-refractivity contribution in [1.82, 2.24) is 14.5 Å². The number of benzene rings is 1. The number of aliphatic hydroxyl groups is 2. The summed E-state index contributed by atoms with van der Waals surface area (Å²) in [7, 11) is 0. The van der Waals surface area contributed by atoms with E-state index in [-0.39, 0.29) is 23.5 Å². The maximum Gasteiger partial charge on any atom is 0.433 e. The molecule has 1 aromatic carbocycles. The molecule has 1 aliphatic rings. The van der Waals surface area contributed by atoms with E-state index < -0.39 is 35.1 Å². The van der Waals surface area contributed by atoms with Crippen molar-refractivity contribution in [3.63, 3.8) is 0 Å².